The number of nitrogens with one attached hydrogen (secondary N) is 2. The van der Waals surface area contributed by atoms with Gasteiger partial charge in [-0.1, -0.05) is 20.8 Å². The third-order valence-corrected chi connectivity index (χ3v) is 5.06. The Hall–Kier alpha value is -1.52. The minimum atomic E-state index is -0.139. The lowest BCUT2D eigenvalue weighted by molar-refractivity contribution is 0.248. The average molecular weight is 276 g/mol. The van der Waals surface area contributed by atoms with Gasteiger partial charge in [-0.2, -0.15) is 5.10 Å². The molecule has 2 atom stereocenters. The van der Waals surface area contributed by atoms with Crippen molar-refractivity contribution in [3.8, 4) is 0 Å². The van der Waals surface area contributed by atoms with Crippen LogP contribution in [0.5, 0.6) is 0 Å². The number of aryl methyl sites for hydroxylation is 1. The second kappa shape index (κ2) is 4.50. The zero-order valence-corrected chi connectivity index (χ0v) is 12.7. The second-order valence-corrected chi connectivity index (χ2v) is 6.87. The van der Waals surface area contributed by atoms with Crippen molar-refractivity contribution in [3.63, 3.8) is 0 Å². The topological polar surface area (TPSA) is 59.0 Å². The monoisotopic (exact) mass is 276 g/mol. The molecule has 20 heavy (non-hydrogen) atoms. The summed E-state index contributed by atoms with van der Waals surface area (Å²) < 4.78 is 1.88. The van der Waals surface area contributed by atoms with E-state index < -0.39 is 0 Å². The Morgan fingerprint density at radius 1 is 1.50 bits per heavy atom. The van der Waals surface area contributed by atoms with E-state index in [1.807, 2.05) is 17.8 Å². The second-order valence-electron chi connectivity index (χ2n) is 6.87. The zero-order chi connectivity index (χ0) is 14.5. The van der Waals surface area contributed by atoms with Crippen molar-refractivity contribution in [1.29, 1.82) is 0 Å². The van der Waals surface area contributed by atoms with Crippen molar-refractivity contribution in [1.82, 2.24) is 15.1 Å². The van der Waals surface area contributed by atoms with Gasteiger partial charge in [0.1, 0.15) is 0 Å². The fourth-order valence-corrected chi connectivity index (χ4v) is 2.85. The Labute approximate surface area is 120 Å². The molecule has 3 rings (SSSR count). The van der Waals surface area contributed by atoms with Crippen LogP contribution in [-0.4, -0.2) is 21.9 Å². The Balaban J connectivity index is 1.56. The Morgan fingerprint density at radius 3 is 2.75 bits per heavy atom. The van der Waals surface area contributed by atoms with Gasteiger partial charge in [-0.3, -0.25) is 10.00 Å². The highest BCUT2D eigenvalue weighted by Gasteiger charge is 2.52. The average Bonchev–Trinajstić information content (AvgIpc) is 3.24. The molecule has 2 unspecified atom stereocenters. The summed E-state index contributed by atoms with van der Waals surface area (Å²) in [4.78, 5) is 12.0. The highest BCUT2D eigenvalue weighted by Crippen LogP contribution is 2.51. The molecule has 0 radical (unpaired) electrons. The highest BCUT2D eigenvalue weighted by atomic mass is 16.2. The maximum Gasteiger partial charge on any atom is 0.320 e. The molecule has 0 bridgehead atoms. The van der Waals surface area contributed by atoms with Crippen LogP contribution in [0, 0.1) is 11.3 Å². The van der Waals surface area contributed by atoms with E-state index in [2.05, 4.69) is 36.5 Å². The van der Waals surface area contributed by atoms with Crippen molar-refractivity contribution >= 4 is 11.8 Å². The molecule has 2 saturated carbocycles. The fourth-order valence-electron chi connectivity index (χ4n) is 2.85. The van der Waals surface area contributed by atoms with Crippen molar-refractivity contribution < 1.29 is 4.79 Å². The van der Waals surface area contributed by atoms with Crippen LogP contribution in [0.3, 0.4) is 0 Å². The lowest BCUT2D eigenvalue weighted by atomic mass is 9.94. The Bertz CT molecular complexity index is 532. The van der Waals surface area contributed by atoms with Crippen molar-refractivity contribution in [2.24, 2.45) is 18.4 Å². The number of nitrogens with zero attached hydrogens (tertiary/aromatic N) is 2. The summed E-state index contributed by atoms with van der Waals surface area (Å²) in [5.41, 5.74) is 1.47. The molecule has 1 heterocycles. The highest BCUT2D eigenvalue weighted by molar-refractivity contribution is 5.88. The molecule has 2 amide bonds. The van der Waals surface area contributed by atoms with E-state index in [9.17, 15) is 4.79 Å². The van der Waals surface area contributed by atoms with Crippen molar-refractivity contribution in [2.75, 3.05) is 5.32 Å². The summed E-state index contributed by atoms with van der Waals surface area (Å²) in [5, 5.41) is 10.3. The largest absolute Gasteiger partial charge is 0.335 e. The first-order valence-electron chi connectivity index (χ1n) is 7.51. The number of amides is 2. The van der Waals surface area contributed by atoms with E-state index in [-0.39, 0.29) is 17.5 Å². The number of urea groups is 1. The number of hydrogen-bond acceptors (Lipinski definition) is 2. The van der Waals surface area contributed by atoms with Crippen LogP contribution >= 0.6 is 0 Å². The molecule has 1 aromatic rings. The van der Waals surface area contributed by atoms with Gasteiger partial charge in [0.05, 0.1) is 0 Å². The van der Waals surface area contributed by atoms with Crippen LogP contribution in [0.4, 0.5) is 10.6 Å². The lowest BCUT2D eigenvalue weighted by Crippen LogP contribution is -2.34. The number of aromatic nitrogens is 2. The minimum absolute atomic E-state index is 0.139. The van der Waals surface area contributed by atoms with Gasteiger partial charge >= 0.3 is 6.03 Å². The van der Waals surface area contributed by atoms with Gasteiger partial charge in [-0.15, -0.1) is 0 Å². The van der Waals surface area contributed by atoms with E-state index in [1.54, 1.807) is 0 Å². The van der Waals surface area contributed by atoms with Gasteiger partial charge < -0.3 is 5.32 Å². The summed E-state index contributed by atoms with van der Waals surface area (Å²) in [5.74, 6) is 1.88. The number of anilines is 1. The van der Waals surface area contributed by atoms with Crippen molar-refractivity contribution in [3.05, 3.63) is 11.8 Å². The molecule has 2 aliphatic rings. The normalized spacial score (nSPS) is 28.6. The van der Waals surface area contributed by atoms with Crippen molar-refractivity contribution in [2.45, 2.75) is 52.0 Å². The molecule has 2 N–H and O–H groups in total. The third kappa shape index (κ3) is 2.41. The first-order chi connectivity index (χ1) is 9.40. The maximum absolute atomic E-state index is 12.0. The number of hydrogen-bond donors (Lipinski definition) is 2. The molecule has 0 aromatic carbocycles. The molecule has 0 saturated heterocycles. The SMILES string of the molecule is CC(C)C1(C)CC1NC(=O)Nc1cc(C2CC2)n(C)n1. The van der Waals surface area contributed by atoms with Gasteiger partial charge in [-0.25, -0.2) is 4.79 Å². The number of rotatable bonds is 4. The molecule has 2 aliphatic carbocycles. The Kier molecular flexibility index (Phi) is 3.03. The first-order valence-corrected chi connectivity index (χ1v) is 7.51. The van der Waals surface area contributed by atoms with E-state index in [4.69, 9.17) is 0 Å². The smallest absolute Gasteiger partial charge is 0.320 e. The Morgan fingerprint density at radius 2 is 2.20 bits per heavy atom. The molecular formula is C15H24N4O. The lowest BCUT2D eigenvalue weighted by Gasteiger charge is -2.16. The summed E-state index contributed by atoms with van der Waals surface area (Å²) >= 11 is 0. The molecule has 5 heteroatoms. The van der Waals surface area contributed by atoms with Crippen LogP contribution in [-0.2, 0) is 7.05 Å². The zero-order valence-electron chi connectivity index (χ0n) is 12.7. The number of carbonyl (C=O) groups is 1. The summed E-state index contributed by atoms with van der Waals surface area (Å²) in [6.07, 6.45) is 3.54. The molecule has 0 aliphatic heterocycles. The van der Waals surface area contributed by atoms with Gasteiger partial charge in [-0.05, 0) is 30.6 Å². The fraction of sp³-hybridized carbons (Fsp3) is 0.733. The van der Waals surface area contributed by atoms with E-state index in [0.717, 1.165) is 6.42 Å². The van der Waals surface area contributed by atoms with Crippen LogP contribution in [0.25, 0.3) is 0 Å². The molecule has 1 aromatic heterocycles. The van der Waals surface area contributed by atoms with E-state index in [1.165, 1.54) is 18.5 Å². The summed E-state index contributed by atoms with van der Waals surface area (Å²) in [6, 6.07) is 2.14. The molecule has 0 spiro atoms. The summed E-state index contributed by atoms with van der Waals surface area (Å²) in [6.45, 7) is 6.65. The maximum atomic E-state index is 12.0. The molecular weight excluding hydrogens is 252 g/mol. The van der Waals surface area contributed by atoms with Gasteiger partial charge in [0, 0.05) is 30.8 Å². The van der Waals surface area contributed by atoms with Crippen LogP contribution in [0.2, 0.25) is 0 Å². The van der Waals surface area contributed by atoms with E-state index >= 15 is 0 Å². The molecule has 5 nitrogen and oxygen atoms in total. The third-order valence-electron chi connectivity index (χ3n) is 5.06. The predicted molar refractivity (Wildman–Crippen MR) is 78.7 cm³/mol. The van der Waals surface area contributed by atoms with Gasteiger partial charge in [0.15, 0.2) is 5.82 Å². The summed E-state index contributed by atoms with van der Waals surface area (Å²) in [7, 11) is 1.94. The standard InChI is InChI=1S/C15H24N4O/c1-9(2)15(3)8-12(15)16-14(20)17-13-7-11(10-5-6-10)19(4)18-13/h7,9-10,12H,5-6,8H2,1-4H3,(H2,16,17,18,20). The predicted octanol–water partition coefficient (Wildman–Crippen LogP) is 2.85. The minimum Gasteiger partial charge on any atom is -0.335 e. The van der Waals surface area contributed by atoms with Gasteiger partial charge in [0.2, 0.25) is 0 Å². The first kappa shape index (κ1) is 13.5. The van der Waals surface area contributed by atoms with Crippen LogP contribution < -0.4 is 10.6 Å². The number of carbonyl (C=O) groups excluding carboxylic acids is 1. The van der Waals surface area contributed by atoms with Gasteiger partial charge in [0.25, 0.3) is 0 Å². The quantitative estimate of drug-likeness (QED) is 0.888. The molecule has 110 valence electrons. The van der Waals surface area contributed by atoms with Crippen LogP contribution in [0.1, 0.15) is 51.6 Å². The van der Waals surface area contributed by atoms with Crippen LogP contribution in [0.15, 0.2) is 6.07 Å². The molecule has 2 fully saturated rings. The van der Waals surface area contributed by atoms with E-state index in [0.29, 0.717) is 17.7 Å².